The van der Waals surface area contributed by atoms with Crippen LogP contribution in [0.4, 0.5) is 0 Å². The van der Waals surface area contributed by atoms with Crippen molar-refractivity contribution >= 4 is 55.9 Å². The van der Waals surface area contributed by atoms with Crippen molar-refractivity contribution in [2.24, 2.45) is 0 Å². The van der Waals surface area contributed by atoms with E-state index in [2.05, 4.69) is 121 Å². The molecular weight excluding hydrogens is 816 g/mol. The van der Waals surface area contributed by atoms with E-state index in [1.165, 1.54) is 51.4 Å². The summed E-state index contributed by atoms with van der Waals surface area (Å²) in [5.74, 6) is 0. The number of halogens is 2. The Morgan fingerprint density at radius 3 is 0.810 bits per heavy atom. The van der Waals surface area contributed by atoms with Crippen molar-refractivity contribution in [2.75, 3.05) is 0 Å². The molecule has 2 fully saturated rings. The van der Waals surface area contributed by atoms with E-state index in [0.29, 0.717) is 0 Å². The molecule has 2 aliphatic rings. The largest absolute Gasteiger partial charge is 2.00 e. The monoisotopic (exact) mass is 861 g/mol. The number of benzene rings is 4. The van der Waals surface area contributed by atoms with Crippen molar-refractivity contribution in [1.82, 2.24) is 0 Å². The van der Waals surface area contributed by atoms with Crippen LogP contribution in [0.25, 0.3) is 0 Å². The first-order valence-electron chi connectivity index (χ1n) is 14.1. The van der Waals surface area contributed by atoms with Gasteiger partial charge in [0.1, 0.15) is 0 Å². The fourth-order valence-electron chi connectivity index (χ4n) is 6.18. The maximum atomic E-state index is 4.88. The van der Waals surface area contributed by atoms with Gasteiger partial charge in [-0.2, -0.15) is 0 Å². The Hall–Kier alpha value is -0.472. The molecule has 0 aromatic heterocycles. The van der Waals surface area contributed by atoms with Gasteiger partial charge < -0.3 is 14.9 Å². The van der Waals surface area contributed by atoms with Gasteiger partial charge in [-0.05, 0) is 99.9 Å². The molecule has 0 spiro atoms. The van der Waals surface area contributed by atoms with E-state index >= 15 is 0 Å². The average molecular weight is 863 g/mol. The van der Waals surface area contributed by atoms with E-state index in [0.717, 1.165) is 11.3 Å². The number of rotatable bonds is 6. The van der Waals surface area contributed by atoms with Crippen molar-refractivity contribution < 1.29 is 33.5 Å². The number of hydrogen-bond acceptors (Lipinski definition) is 0. The van der Waals surface area contributed by atoms with Gasteiger partial charge in [-0.1, -0.05) is 72.8 Å². The van der Waals surface area contributed by atoms with E-state index in [9.17, 15) is 0 Å². The molecule has 0 amide bonds. The predicted molar refractivity (Wildman–Crippen MR) is 190 cm³/mol. The molecule has 0 nitrogen and oxygen atoms in total. The first-order chi connectivity index (χ1) is 19.3. The van der Waals surface area contributed by atoms with Crippen LogP contribution in [-0.4, -0.2) is 11.3 Å². The van der Waals surface area contributed by atoms with E-state index in [1.54, 1.807) is 21.2 Å². The molecule has 6 rings (SSSR count). The summed E-state index contributed by atoms with van der Waals surface area (Å²) < 4.78 is 0. The Bertz CT molecular complexity index is 1000. The molecule has 0 atom stereocenters. The Balaban J connectivity index is 0.000000361. The normalized spacial score (nSPS) is 14.5. The van der Waals surface area contributed by atoms with Gasteiger partial charge in [-0.3, -0.25) is 0 Å². The van der Waals surface area contributed by atoms with Gasteiger partial charge in [-0.15, -0.1) is 0 Å². The molecule has 2 saturated carbocycles. The average Bonchev–Trinajstić information content (AvgIpc) is 3.72. The van der Waals surface area contributed by atoms with Crippen LogP contribution in [0.3, 0.4) is 0 Å². The summed E-state index contributed by atoms with van der Waals surface area (Å²) in [7, 11) is 8.60. The summed E-state index contributed by atoms with van der Waals surface area (Å²) >= 11 is -0.472. The Kier molecular flexibility index (Phi) is 21.6. The van der Waals surface area contributed by atoms with Crippen LogP contribution in [0.5, 0.6) is 0 Å². The minimum Gasteiger partial charge on any atom is -0.0620 e. The molecule has 4 aromatic carbocycles. The molecular formula is C36H46Cl2FeP2Pt+2. The smallest absolute Gasteiger partial charge is 0.0620 e. The van der Waals surface area contributed by atoms with Gasteiger partial charge in [0, 0.05) is 0 Å². The molecule has 0 heterocycles. The van der Waals surface area contributed by atoms with Gasteiger partial charge in [0.05, 0.1) is 48.4 Å². The van der Waals surface area contributed by atoms with Crippen molar-refractivity contribution in [3.8, 4) is 0 Å². The predicted octanol–water partition coefficient (Wildman–Crippen LogP) is 9.86. The minimum absolute atomic E-state index is 0. The SMILES string of the molecule is [CH3-].[CH3-].[Cl][Pt][Cl].[Fe+2].c1ccc([PH+](c2ccccc2)C2CCCC2)cc1.c1ccc([PH+](c2ccccc2)C2CCCC2)cc1. The van der Waals surface area contributed by atoms with Crippen LogP contribution in [0.15, 0.2) is 121 Å². The Morgan fingerprint density at radius 1 is 0.429 bits per heavy atom. The van der Waals surface area contributed by atoms with Gasteiger partial charge >= 0.3 is 52.4 Å². The maximum Gasteiger partial charge on any atom is 2.00 e. The topological polar surface area (TPSA) is 0 Å². The molecule has 0 saturated heterocycles. The molecule has 0 radical (unpaired) electrons. The van der Waals surface area contributed by atoms with E-state index < -0.39 is 32.3 Å². The second kappa shape index (κ2) is 22.9. The van der Waals surface area contributed by atoms with Gasteiger partial charge in [0.2, 0.25) is 0 Å². The zero-order chi connectivity index (χ0) is 27.1. The van der Waals surface area contributed by atoms with Gasteiger partial charge in [0.25, 0.3) is 0 Å². The Labute approximate surface area is 286 Å². The summed E-state index contributed by atoms with van der Waals surface area (Å²) in [5.41, 5.74) is 1.86. The van der Waals surface area contributed by atoms with Crippen molar-refractivity contribution in [2.45, 2.75) is 62.7 Å². The fraction of sp³-hybridized carbons (Fsp3) is 0.278. The summed E-state index contributed by atoms with van der Waals surface area (Å²) in [6.07, 6.45) is 11.4. The van der Waals surface area contributed by atoms with E-state index in [-0.39, 0.29) is 31.9 Å². The molecule has 42 heavy (non-hydrogen) atoms. The summed E-state index contributed by atoms with van der Waals surface area (Å²) in [4.78, 5) is 0. The Morgan fingerprint density at radius 2 is 0.619 bits per heavy atom. The molecule has 6 heteroatoms. The third-order valence-corrected chi connectivity index (χ3v) is 14.5. The second-order valence-electron chi connectivity index (χ2n) is 10.3. The molecule has 230 valence electrons. The van der Waals surface area contributed by atoms with Crippen molar-refractivity contribution in [3.63, 3.8) is 0 Å². The van der Waals surface area contributed by atoms with Gasteiger partial charge in [-0.25, -0.2) is 0 Å². The first-order valence-corrected chi connectivity index (χ1v) is 22.9. The van der Waals surface area contributed by atoms with E-state index in [1.807, 2.05) is 0 Å². The molecule has 0 N–H and O–H groups in total. The van der Waals surface area contributed by atoms with Crippen LogP contribution < -0.4 is 21.2 Å². The molecule has 2 aliphatic carbocycles. The first kappa shape index (κ1) is 39.6. The van der Waals surface area contributed by atoms with E-state index in [4.69, 9.17) is 18.8 Å². The van der Waals surface area contributed by atoms with Crippen LogP contribution in [-0.2, 0) is 33.5 Å². The molecule has 4 aromatic rings. The molecule has 0 bridgehead atoms. The van der Waals surface area contributed by atoms with Crippen LogP contribution in [0.1, 0.15) is 51.4 Å². The van der Waals surface area contributed by atoms with Crippen LogP contribution >= 0.6 is 34.7 Å². The number of hydrogen-bond donors (Lipinski definition) is 0. The molecule has 0 unspecified atom stereocenters. The summed E-state index contributed by atoms with van der Waals surface area (Å²) in [5, 5.41) is 6.34. The van der Waals surface area contributed by atoms with Crippen molar-refractivity contribution in [1.29, 1.82) is 0 Å². The third kappa shape index (κ3) is 12.1. The summed E-state index contributed by atoms with van der Waals surface area (Å²) in [6, 6.07) is 44.7. The van der Waals surface area contributed by atoms with Gasteiger partial charge in [0.15, 0.2) is 0 Å². The minimum atomic E-state index is -0.577. The fourth-order valence-corrected chi connectivity index (χ4v) is 12.9. The molecule has 0 aliphatic heterocycles. The van der Waals surface area contributed by atoms with Crippen LogP contribution in [0, 0.1) is 14.9 Å². The third-order valence-electron chi connectivity index (χ3n) is 7.87. The van der Waals surface area contributed by atoms with Crippen molar-refractivity contribution in [3.05, 3.63) is 136 Å². The zero-order valence-electron chi connectivity index (χ0n) is 24.8. The maximum absolute atomic E-state index is 4.88. The quantitative estimate of drug-likeness (QED) is 0.103. The second-order valence-corrected chi connectivity index (χ2v) is 19.2. The standard InChI is InChI=1S/2C17H19P.2CH3.2ClH.Fe.Pt/c2*1-3-9-15(10-4-1)18(17-13-7-8-14-17)16-11-5-2-6-12-16;;;;;;/h2*1-6,9-12,17H,7-8,13-14H2;2*1H3;2*1H;;/q;;2*-1;;;2*+2. The van der Waals surface area contributed by atoms with Crippen LogP contribution in [0.2, 0.25) is 0 Å². The summed E-state index contributed by atoms with van der Waals surface area (Å²) in [6.45, 7) is 0. The zero-order valence-corrected chi connectivity index (χ0v) is 31.7.